The molecule has 0 spiro atoms. The third kappa shape index (κ3) is 3.39. The van der Waals surface area contributed by atoms with E-state index >= 15 is 0 Å². The second kappa shape index (κ2) is 7.47. The van der Waals surface area contributed by atoms with Gasteiger partial charge in [0.2, 0.25) is 5.88 Å². The number of nitrogens with two attached hydrogens (primary N) is 1. The van der Waals surface area contributed by atoms with E-state index in [1.807, 2.05) is 6.07 Å². The highest BCUT2D eigenvalue weighted by Gasteiger charge is 2.20. The predicted octanol–water partition coefficient (Wildman–Crippen LogP) is 2.80. The lowest BCUT2D eigenvalue weighted by atomic mass is 10.1. The van der Waals surface area contributed by atoms with Gasteiger partial charge < -0.3 is 20.1 Å². The number of para-hydroxylation sites is 1. The Morgan fingerprint density at radius 1 is 1.15 bits per heavy atom. The van der Waals surface area contributed by atoms with E-state index in [2.05, 4.69) is 15.0 Å². The molecule has 0 amide bonds. The Kier molecular flexibility index (Phi) is 4.93. The molecule has 0 saturated carbocycles. The normalized spacial score (nSPS) is 10.2. The van der Waals surface area contributed by atoms with Crippen LogP contribution in [0.5, 0.6) is 11.6 Å². The monoisotopic (exact) mass is 351 g/mol. The lowest BCUT2D eigenvalue weighted by Crippen LogP contribution is -2.18. The minimum atomic E-state index is -0.452. The third-order valence-electron chi connectivity index (χ3n) is 3.66. The van der Waals surface area contributed by atoms with Crippen LogP contribution in [-0.4, -0.2) is 35.1 Å². The van der Waals surface area contributed by atoms with Crippen LogP contribution < -0.4 is 15.4 Å². The van der Waals surface area contributed by atoms with Crippen molar-refractivity contribution in [3.63, 3.8) is 0 Å². The second-order valence-electron chi connectivity index (χ2n) is 5.27. The number of hydrogen-bond acceptors (Lipinski definition) is 8. The molecule has 0 aliphatic rings. The molecule has 132 valence electrons. The molecule has 3 rings (SSSR count). The first-order chi connectivity index (χ1) is 12.6. The number of benzene rings is 1. The molecule has 0 aliphatic heterocycles. The highest BCUT2D eigenvalue weighted by atomic mass is 16.5. The first kappa shape index (κ1) is 17.2. The molecule has 8 heteroatoms. The van der Waals surface area contributed by atoms with Crippen molar-refractivity contribution in [2.24, 2.45) is 0 Å². The maximum absolute atomic E-state index is 12.0. The van der Waals surface area contributed by atoms with Gasteiger partial charge >= 0.3 is 5.97 Å². The Hall–Kier alpha value is -3.68. The Morgan fingerprint density at radius 2 is 1.96 bits per heavy atom. The average Bonchev–Trinajstić information content (AvgIpc) is 2.69. The third-order valence-corrected chi connectivity index (χ3v) is 3.66. The van der Waals surface area contributed by atoms with Gasteiger partial charge in [-0.3, -0.25) is 4.98 Å². The van der Waals surface area contributed by atoms with E-state index in [1.165, 1.54) is 13.4 Å². The van der Waals surface area contributed by atoms with Gasteiger partial charge in [-0.2, -0.15) is 4.98 Å². The molecule has 0 saturated heterocycles. The summed E-state index contributed by atoms with van der Waals surface area (Å²) >= 11 is 0. The Bertz CT molecular complexity index is 918. The van der Waals surface area contributed by atoms with Gasteiger partial charge in [0.1, 0.15) is 17.8 Å². The second-order valence-corrected chi connectivity index (χ2v) is 5.27. The van der Waals surface area contributed by atoms with Gasteiger partial charge in [0, 0.05) is 13.2 Å². The minimum absolute atomic E-state index is 0.199. The number of ether oxygens (including phenoxy) is 2. The zero-order chi connectivity index (χ0) is 18.5. The predicted molar refractivity (Wildman–Crippen MR) is 96.6 cm³/mol. The summed E-state index contributed by atoms with van der Waals surface area (Å²) in [5.74, 6) is 0.647. The molecule has 0 bridgehead atoms. The molecular formula is C18H17N5O3. The Labute approximate surface area is 150 Å². The minimum Gasteiger partial charge on any atom is -0.465 e. The van der Waals surface area contributed by atoms with Gasteiger partial charge in [-0.15, -0.1) is 0 Å². The molecule has 3 aromatic rings. The van der Waals surface area contributed by atoms with Crippen molar-refractivity contribution in [3.8, 4) is 11.6 Å². The maximum Gasteiger partial charge on any atom is 0.339 e. The van der Waals surface area contributed by atoms with Crippen molar-refractivity contribution >= 4 is 23.2 Å². The lowest BCUT2D eigenvalue weighted by molar-refractivity contribution is 0.0601. The number of carbonyl (C=O) groups is 1. The highest BCUT2D eigenvalue weighted by Crippen LogP contribution is 2.35. The number of carbonyl (C=O) groups excluding carboxylic acids is 1. The summed E-state index contributed by atoms with van der Waals surface area (Å²) in [6.45, 7) is 0. The van der Waals surface area contributed by atoms with Crippen LogP contribution in [0.15, 0.2) is 55.1 Å². The summed E-state index contributed by atoms with van der Waals surface area (Å²) in [4.78, 5) is 26.0. The molecule has 0 fully saturated rings. The summed E-state index contributed by atoms with van der Waals surface area (Å²) in [5, 5.41) is 0. The van der Waals surface area contributed by atoms with E-state index in [-0.39, 0.29) is 11.6 Å². The van der Waals surface area contributed by atoms with Gasteiger partial charge in [0.25, 0.3) is 0 Å². The van der Waals surface area contributed by atoms with Crippen molar-refractivity contribution in [2.45, 2.75) is 0 Å². The smallest absolute Gasteiger partial charge is 0.339 e. The highest BCUT2D eigenvalue weighted by molar-refractivity contribution is 5.97. The summed E-state index contributed by atoms with van der Waals surface area (Å²) in [6, 6.07) is 10.5. The van der Waals surface area contributed by atoms with Gasteiger partial charge in [-0.1, -0.05) is 12.1 Å². The summed E-state index contributed by atoms with van der Waals surface area (Å²) in [6.07, 6.45) is 4.53. The molecule has 2 N–H and O–H groups in total. The molecular weight excluding hydrogens is 334 g/mol. The van der Waals surface area contributed by atoms with Crippen molar-refractivity contribution in [1.82, 2.24) is 15.0 Å². The zero-order valence-corrected chi connectivity index (χ0v) is 14.3. The number of rotatable bonds is 5. The molecule has 2 heterocycles. The fourth-order valence-corrected chi connectivity index (χ4v) is 2.40. The maximum atomic E-state index is 12.0. The van der Waals surface area contributed by atoms with E-state index in [0.29, 0.717) is 22.8 Å². The van der Waals surface area contributed by atoms with Crippen LogP contribution in [0.3, 0.4) is 0 Å². The fourth-order valence-electron chi connectivity index (χ4n) is 2.40. The lowest BCUT2D eigenvalue weighted by Gasteiger charge is -2.22. The van der Waals surface area contributed by atoms with E-state index in [0.717, 1.165) is 0 Å². The largest absolute Gasteiger partial charge is 0.465 e. The first-order valence-corrected chi connectivity index (χ1v) is 7.71. The number of pyridine rings is 1. The Morgan fingerprint density at radius 3 is 2.69 bits per heavy atom. The van der Waals surface area contributed by atoms with E-state index in [9.17, 15) is 4.79 Å². The number of nitrogen functional groups attached to an aromatic ring is 1. The van der Waals surface area contributed by atoms with Gasteiger partial charge in [0.15, 0.2) is 5.82 Å². The number of aromatic nitrogens is 3. The number of hydrogen-bond donors (Lipinski definition) is 1. The van der Waals surface area contributed by atoms with Crippen LogP contribution in [0.25, 0.3) is 0 Å². The molecule has 8 nitrogen and oxygen atoms in total. The Balaban J connectivity index is 1.98. The average molecular weight is 351 g/mol. The molecule has 0 atom stereocenters. The molecule has 0 aliphatic carbocycles. The fraction of sp³-hybridized carbons (Fsp3) is 0.111. The van der Waals surface area contributed by atoms with Crippen LogP contribution in [-0.2, 0) is 4.74 Å². The quantitative estimate of drug-likeness (QED) is 0.700. The van der Waals surface area contributed by atoms with Crippen LogP contribution in [0, 0.1) is 0 Å². The van der Waals surface area contributed by atoms with Crippen LogP contribution in [0.2, 0.25) is 0 Å². The van der Waals surface area contributed by atoms with Crippen LogP contribution >= 0.6 is 0 Å². The first-order valence-electron chi connectivity index (χ1n) is 7.71. The SMILES string of the molecule is COC(=O)c1ccccc1N(C)c1ncnc(Oc2cccnc2)c1N. The number of methoxy groups -OCH3 is 1. The van der Waals surface area contributed by atoms with Crippen molar-refractivity contribution < 1.29 is 14.3 Å². The summed E-state index contributed by atoms with van der Waals surface area (Å²) < 4.78 is 10.5. The summed E-state index contributed by atoms with van der Waals surface area (Å²) in [7, 11) is 3.08. The topological polar surface area (TPSA) is 103 Å². The molecule has 2 aromatic heterocycles. The molecule has 0 unspecified atom stereocenters. The molecule has 26 heavy (non-hydrogen) atoms. The van der Waals surface area contributed by atoms with Gasteiger partial charge in [-0.05, 0) is 24.3 Å². The van der Waals surface area contributed by atoms with Gasteiger partial charge in [-0.25, -0.2) is 9.78 Å². The number of esters is 1. The van der Waals surface area contributed by atoms with E-state index in [4.69, 9.17) is 15.2 Å². The molecule has 1 aromatic carbocycles. The standard InChI is InChI=1S/C18H17N5O3/c1-23(14-8-4-3-7-13(14)18(24)25-2)16-15(19)17(22-11-21-16)26-12-6-5-9-20-10-12/h3-11H,19H2,1-2H3. The number of nitrogens with zero attached hydrogens (tertiary/aromatic N) is 4. The van der Waals surface area contributed by atoms with Crippen LogP contribution in [0.1, 0.15) is 10.4 Å². The molecule has 0 radical (unpaired) electrons. The zero-order valence-electron chi connectivity index (χ0n) is 14.3. The van der Waals surface area contributed by atoms with Crippen molar-refractivity contribution in [3.05, 3.63) is 60.7 Å². The van der Waals surface area contributed by atoms with E-state index < -0.39 is 5.97 Å². The van der Waals surface area contributed by atoms with Crippen LogP contribution in [0.4, 0.5) is 17.2 Å². The van der Waals surface area contributed by atoms with E-state index in [1.54, 1.807) is 54.7 Å². The number of anilines is 3. The van der Waals surface area contributed by atoms with Crippen molar-refractivity contribution in [2.75, 3.05) is 24.8 Å². The van der Waals surface area contributed by atoms with Gasteiger partial charge in [0.05, 0.1) is 24.6 Å². The van der Waals surface area contributed by atoms with Crippen molar-refractivity contribution in [1.29, 1.82) is 0 Å². The summed E-state index contributed by atoms with van der Waals surface area (Å²) in [5.41, 5.74) is 7.42.